The van der Waals surface area contributed by atoms with Crippen molar-refractivity contribution in [2.75, 3.05) is 11.1 Å². The number of rotatable bonds is 3. The zero-order chi connectivity index (χ0) is 17.4. The molecule has 3 aromatic rings. The van der Waals surface area contributed by atoms with Crippen molar-refractivity contribution in [2.45, 2.75) is 33.6 Å². The van der Waals surface area contributed by atoms with Crippen molar-refractivity contribution in [3.8, 4) is 0 Å². The Bertz CT molecular complexity index is 928. The van der Waals surface area contributed by atoms with Crippen molar-refractivity contribution < 1.29 is 4.79 Å². The summed E-state index contributed by atoms with van der Waals surface area (Å²) in [4.78, 5) is 18.6. The third-order valence-electron chi connectivity index (χ3n) is 4.04. The Morgan fingerprint density at radius 1 is 1.21 bits per heavy atom. The number of nitrogens with one attached hydrogen (secondary N) is 1. The third kappa shape index (κ3) is 2.99. The number of nitrogen functional groups attached to an aromatic ring is 1. The van der Waals surface area contributed by atoms with Gasteiger partial charge in [0.05, 0.1) is 5.69 Å². The number of thiophene rings is 1. The Hall–Kier alpha value is -2.40. The van der Waals surface area contributed by atoms with Gasteiger partial charge in [-0.15, -0.1) is 11.3 Å². The second-order valence-electron chi connectivity index (χ2n) is 6.36. The minimum atomic E-state index is -0.187. The van der Waals surface area contributed by atoms with Gasteiger partial charge in [-0.2, -0.15) is 0 Å². The quantitative estimate of drug-likeness (QED) is 0.715. The number of aryl methyl sites for hydroxylation is 2. The fourth-order valence-corrected chi connectivity index (χ4v) is 3.63. The van der Waals surface area contributed by atoms with Crippen molar-refractivity contribution in [2.24, 2.45) is 0 Å². The highest BCUT2D eigenvalue weighted by molar-refractivity contribution is 7.21. The smallest absolute Gasteiger partial charge is 0.267 e. The molecule has 4 nitrogen and oxygen atoms in total. The van der Waals surface area contributed by atoms with Gasteiger partial charge in [0, 0.05) is 16.8 Å². The fraction of sp³-hybridized carbons (Fsp3) is 0.263. The van der Waals surface area contributed by atoms with Crippen molar-refractivity contribution in [3.63, 3.8) is 0 Å². The topological polar surface area (TPSA) is 68.0 Å². The average molecular weight is 339 g/mol. The molecule has 1 amide bonds. The molecule has 0 spiro atoms. The summed E-state index contributed by atoms with van der Waals surface area (Å²) in [6, 6.07) is 9.87. The van der Waals surface area contributed by atoms with Gasteiger partial charge >= 0.3 is 0 Å². The highest BCUT2D eigenvalue weighted by Crippen LogP contribution is 2.34. The van der Waals surface area contributed by atoms with Crippen molar-refractivity contribution in [1.29, 1.82) is 0 Å². The molecule has 0 radical (unpaired) electrons. The Morgan fingerprint density at radius 3 is 2.62 bits per heavy atom. The first-order valence-corrected chi connectivity index (χ1v) is 8.76. The largest absolute Gasteiger partial charge is 0.397 e. The predicted octanol–water partition coefficient (Wildman–Crippen LogP) is 4.87. The summed E-state index contributed by atoms with van der Waals surface area (Å²) in [7, 11) is 0. The maximum Gasteiger partial charge on any atom is 0.267 e. The predicted molar refractivity (Wildman–Crippen MR) is 102 cm³/mol. The number of hydrogen-bond donors (Lipinski definition) is 2. The van der Waals surface area contributed by atoms with Gasteiger partial charge in [-0.1, -0.05) is 31.5 Å². The lowest BCUT2D eigenvalue weighted by Gasteiger charge is -2.08. The molecule has 0 atom stereocenters. The summed E-state index contributed by atoms with van der Waals surface area (Å²) < 4.78 is 0. The SMILES string of the molecule is Cc1ccc(NC(=O)c2sc3nc(C(C)C)ccc3c2N)c(C)c1. The maximum atomic E-state index is 12.7. The first-order chi connectivity index (χ1) is 11.4. The lowest BCUT2D eigenvalue weighted by Crippen LogP contribution is -2.12. The summed E-state index contributed by atoms with van der Waals surface area (Å²) in [5, 5.41) is 3.80. The minimum absolute atomic E-state index is 0.187. The van der Waals surface area contributed by atoms with E-state index in [1.807, 2.05) is 44.2 Å². The van der Waals surface area contributed by atoms with Crippen molar-refractivity contribution in [3.05, 3.63) is 52.0 Å². The van der Waals surface area contributed by atoms with Crippen LogP contribution in [-0.2, 0) is 0 Å². The number of benzene rings is 1. The minimum Gasteiger partial charge on any atom is -0.397 e. The molecule has 0 bridgehead atoms. The van der Waals surface area contributed by atoms with Gasteiger partial charge in [-0.3, -0.25) is 4.79 Å². The first-order valence-electron chi connectivity index (χ1n) is 7.94. The zero-order valence-corrected chi connectivity index (χ0v) is 15.1. The molecule has 1 aromatic carbocycles. The monoisotopic (exact) mass is 339 g/mol. The number of nitrogens with two attached hydrogens (primary N) is 1. The molecule has 0 aliphatic carbocycles. The molecular formula is C19H21N3OS. The van der Waals surface area contributed by atoms with Gasteiger partial charge in [-0.25, -0.2) is 4.98 Å². The number of anilines is 2. The van der Waals surface area contributed by atoms with Gasteiger partial charge in [0.2, 0.25) is 0 Å². The Morgan fingerprint density at radius 2 is 1.96 bits per heavy atom. The van der Waals surface area contributed by atoms with Gasteiger partial charge in [0.25, 0.3) is 5.91 Å². The first kappa shape index (κ1) is 16.5. The number of carbonyl (C=O) groups is 1. The van der Waals surface area contributed by atoms with Crippen molar-refractivity contribution in [1.82, 2.24) is 4.98 Å². The van der Waals surface area contributed by atoms with E-state index in [2.05, 4.69) is 24.1 Å². The third-order valence-corrected chi connectivity index (χ3v) is 5.16. The molecule has 0 fully saturated rings. The molecule has 2 aromatic heterocycles. The average Bonchev–Trinajstić information content (AvgIpc) is 2.86. The number of pyridine rings is 1. The second-order valence-corrected chi connectivity index (χ2v) is 7.36. The lowest BCUT2D eigenvalue weighted by atomic mass is 10.1. The Labute approximate surface area is 145 Å². The van der Waals surface area contributed by atoms with Gasteiger partial charge in [0.1, 0.15) is 9.71 Å². The molecule has 3 N–H and O–H groups in total. The summed E-state index contributed by atoms with van der Waals surface area (Å²) in [5.41, 5.74) is 10.7. The number of aromatic nitrogens is 1. The molecule has 124 valence electrons. The Kier molecular flexibility index (Phi) is 4.28. The van der Waals surface area contributed by atoms with E-state index in [1.165, 1.54) is 11.3 Å². The van der Waals surface area contributed by atoms with E-state index in [0.717, 1.165) is 32.7 Å². The molecule has 0 saturated carbocycles. The van der Waals surface area contributed by atoms with Crippen LogP contribution in [0.1, 0.15) is 46.3 Å². The van der Waals surface area contributed by atoms with Crippen molar-refractivity contribution >= 4 is 38.8 Å². The lowest BCUT2D eigenvalue weighted by molar-refractivity contribution is 0.103. The van der Waals surface area contributed by atoms with Crippen LogP contribution in [0.2, 0.25) is 0 Å². The number of nitrogens with zero attached hydrogens (tertiary/aromatic N) is 1. The van der Waals surface area contributed by atoms with Gasteiger partial charge in [-0.05, 0) is 43.5 Å². The molecule has 3 rings (SSSR count). The van der Waals surface area contributed by atoms with Crippen LogP contribution >= 0.6 is 11.3 Å². The van der Waals surface area contributed by atoms with Crippen LogP contribution < -0.4 is 11.1 Å². The normalized spacial score (nSPS) is 11.2. The standard InChI is InChI=1S/C19H21N3OS/c1-10(2)14-8-6-13-16(20)17(24-19(13)22-14)18(23)21-15-7-5-11(3)9-12(15)4/h5-10H,20H2,1-4H3,(H,21,23). The number of amides is 1. The van der Waals surface area contributed by atoms with Crippen LogP contribution in [-0.4, -0.2) is 10.9 Å². The molecule has 2 heterocycles. The molecule has 0 aliphatic heterocycles. The zero-order valence-electron chi connectivity index (χ0n) is 14.3. The molecule has 0 aliphatic rings. The summed E-state index contributed by atoms with van der Waals surface area (Å²) in [6.45, 7) is 8.20. The van der Waals surface area contributed by atoms with E-state index in [1.54, 1.807) is 0 Å². The highest BCUT2D eigenvalue weighted by atomic mass is 32.1. The number of carbonyl (C=O) groups excluding carboxylic acids is 1. The van der Waals surface area contributed by atoms with E-state index in [-0.39, 0.29) is 5.91 Å². The molecule has 24 heavy (non-hydrogen) atoms. The van der Waals surface area contributed by atoms with Gasteiger partial charge in [0.15, 0.2) is 0 Å². The summed E-state index contributed by atoms with van der Waals surface area (Å²) in [5.74, 6) is 0.152. The summed E-state index contributed by atoms with van der Waals surface area (Å²) in [6.07, 6.45) is 0. The van der Waals surface area contributed by atoms with Crippen LogP contribution in [0.5, 0.6) is 0 Å². The van der Waals surface area contributed by atoms with Crippen LogP contribution in [0, 0.1) is 13.8 Å². The van der Waals surface area contributed by atoms with Crippen LogP contribution in [0.15, 0.2) is 30.3 Å². The van der Waals surface area contributed by atoms with E-state index in [4.69, 9.17) is 5.73 Å². The molecule has 0 unspecified atom stereocenters. The van der Waals surface area contributed by atoms with Crippen LogP contribution in [0.4, 0.5) is 11.4 Å². The van der Waals surface area contributed by atoms with Crippen LogP contribution in [0.3, 0.4) is 0 Å². The maximum absolute atomic E-state index is 12.7. The molecule has 5 heteroatoms. The number of hydrogen-bond acceptors (Lipinski definition) is 4. The van der Waals surface area contributed by atoms with E-state index in [9.17, 15) is 4.79 Å². The van der Waals surface area contributed by atoms with Gasteiger partial charge < -0.3 is 11.1 Å². The number of fused-ring (bicyclic) bond motifs is 1. The van der Waals surface area contributed by atoms with E-state index < -0.39 is 0 Å². The molecular weight excluding hydrogens is 318 g/mol. The fourth-order valence-electron chi connectivity index (χ4n) is 2.63. The van der Waals surface area contributed by atoms with E-state index >= 15 is 0 Å². The summed E-state index contributed by atoms with van der Waals surface area (Å²) >= 11 is 1.34. The highest BCUT2D eigenvalue weighted by Gasteiger charge is 2.18. The van der Waals surface area contributed by atoms with E-state index in [0.29, 0.717) is 16.5 Å². The second kappa shape index (κ2) is 6.24. The van der Waals surface area contributed by atoms with Crippen LogP contribution in [0.25, 0.3) is 10.2 Å². The molecule has 0 saturated heterocycles. The Balaban J connectivity index is 1.96.